The largest absolute Gasteiger partial charge is 0.508 e. The van der Waals surface area contributed by atoms with Gasteiger partial charge in [0.05, 0.1) is 0 Å². The first-order valence-corrected chi connectivity index (χ1v) is 9.83. The van der Waals surface area contributed by atoms with E-state index in [-0.39, 0.29) is 11.7 Å². The van der Waals surface area contributed by atoms with Gasteiger partial charge in [0, 0.05) is 42.3 Å². The molecule has 1 amide bonds. The summed E-state index contributed by atoms with van der Waals surface area (Å²) in [4.78, 5) is 20.5. The Kier molecular flexibility index (Phi) is 5.09. The Labute approximate surface area is 165 Å². The van der Waals surface area contributed by atoms with E-state index in [0.717, 1.165) is 41.7 Å². The highest BCUT2D eigenvalue weighted by molar-refractivity contribution is 5.95. The number of phenols is 1. The van der Waals surface area contributed by atoms with E-state index >= 15 is 0 Å². The van der Waals surface area contributed by atoms with E-state index in [1.165, 1.54) is 5.56 Å². The molecule has 1 unspecified atom stereocenters. The Morgan fingerprint density at radius 2 is 2.07 bits per heavy atom. The van der Waals surface area contributed by atoms with Crippen LogP contribution >= 0.6 is 0 Å². The highest BCUT2D eigenvalue weighted by Crippen LogP contribution is 2.31. The summed E-state index contributed by atoms with van der Waals surface area (Å²) in [6.07, 6.45) is 4.06. The number of amides is 1. The number of rotatable bonds is 5. The quantitative estimate of drug-likeness (QED) is 0.715. The molecule has 28 heavy (non-hydrogen) atoms. The molecule has 2 heterocycles. The van der Waals surface area contributed by atoms with Crippen LogP contribution in [0.3, 0.4) is 0 Å². The van der Waals surface area contributed by atoms with E-state index in [9.17, 15) is 9.90 Å². The van der Waals surface area contributed by atoms with Crippen molar-refractivity contribution in [3.63, 3.8) is 0 Å². The third-order valence-corrected chi connectivity index (χ3v) is 5.52. The molecule has 0 radical (unpaired) electrons. The van der Waals surface area contributed by atoms with Gasteiger partial charge >= 0.3 is 0 Å². The predicted molar refractivity (Wildman–Crippen MR) is 113 cm³/mol. The van der Waals surface area contributed by atoms with E-state index in [2.05, 4.69) is 42.2 Å². The number of para-hydroxylation sites is 1. The number of carbonyl (C=O) groups is 1. The van der Waals surface area contributed by atoms with Gasteiger partial charge in [-0.2, -0.15) is 0 Å². The van der Waals surface area contributed by atoms with Crippen molar-refractivity contribution < 1.29 is 9.90 Å². The molecule has 5 heteroatoms. The molecule has 0 saturated carbocycles. The highest BCUT2D eigenvalue weighted by atomic mass is 16.3. The maximum absolute atomic E-state index is 13.1. The zero-order valence-electron chi connectivity index (χ0n) is 16.5. The lowest BCUT2D eigenvalue weighted by Gasteiger charge is -2.36. The molecule has 0 fully saturated rings. The van der Waals surface area contributed by atoms with Gasteiger partial charge in [0.2, 0.25) is 5.91 Å². The van der Waals surface area contributed by atoms with Crippen LogP contribution in [0, 0.1) is 5.92 Å². The zero-order chi connectivity index (χ0) is 19.7. The number of hydrogen-bond donors (Lipinski definition) is 2. The van der Waals surface area contributed by atoms with Crippen molar-refractivity contribution in [1.82, 2.24) is 9.88 Å². The number of benzene rings is 2. The second kappa shape index (κ2) is 7.68. The van der Waals surface area contributed by atoms with Crippen molar-refractivity contribution in [3.05, 3.63) is 59.8 Å². The molecule has 1 atom stereocenters. The first-order chi connectivity index (χ1) is 13.5. The average molecular weight is 377 g/mol. The van der Waals surface area contributed by atoms with Crippen LogP contribution in [0.4, 0.5) is 5.69 Å². The van der Waals surface area contributed by atoms with Gasteiger partial charge in [-0.1, -0.05) is 18.2 Å². The maximum atomic E-state index is 13.1. The number of hydrogen-bond acceptors (Lipinski definition) is 3. The van der Waals surface area contributed by atoms with Crippen LogP contribution in [0.2, 0.25) is 0 Å². The molecule has 1 aliphatic rings. The van der Waals surface area contributed by atoms with Crippen LogP contribution in [0.15, 0.2) is 48.7 Å². The lowest BCUT2D eigenvalue weighted by Crippen LogP contribution is -2.43. The third kappa shape index (κ3) is 3.76. The Bertz CT molecular complexity index is 992. The van der Waals surface area contributed by atoms with E-state index in [4.69, 9.17) is 0 Å². The minimum Gasteiger partial charge on any atom is -0.508 e. The van der Waals surface area contributed by atoms with Crippen molar-refractivity contribution in [2.24, 2.45) is 5.92 Å². The lowest BCUT2D eigenvalue weighted by atomic mass is 9.91. The minimum absolute atomic E-state index is 0.158. The normalized spacial score (nSPS) is 16.5. The summed E-state index contributed by atoms with van der Waals surface area (Å²) in [7, 11) is 4.16. The van der Waals surface area contributed by atoms with Gasteiger partial charge in [0.1, 0.15) is 5.75 Å². The summed E-state index contributed by atoms with van der Waals surface area (Å²) in [5, 5.41) is 10.8. The number of phenolic OH excluding ortho intramolecular Hbond substituents is 1. The second-order valence-electron chi connectivity index (χ2n) is 8.01. The second-order valence-corrected chi connectivity index (χ2v) is 8.01. The van der Waals surface area contributed by atoms with Gasteiger partial charge in [-0.25, -0.2) is 0 Å². The van der Waals surface area contributed by atoms with Crippen LogP contribution in [0.1, 0.15) is 17.5 Å². The molecule has 0 aliphatic carbocycles. The number of carbonyl (C=O) groups excluding carboxylic acids is 1. The van der Waals surface area contributed by atoms with Gasteiger partial charge in [0.25, 0.3) is 0 Å². The first-order valence-electron chi connectivity index (χ1n) is 9.83. The van der Waals surface area contributed by atoms with E-state index in [0.29, 0.717) is 18.8 Å². The van der Waals surface area contributed by atoms with Crippen LogP contribution in [0.25, 0.3) is 10.9 Å². The Hall–Kier alpha value is -2.79. The number of anilines is 1. The SMILES string of the molecule is CN(C)CC1Cc2ccccc2N(C(=O)CCc2c[nH]c3ccc(O)cc23)C1. The van der Waals surface area contributed by atoms with Crippen LogP contribution < -0.4 is 4.90 Å². The molecule has 5 nitrogen and oxygen atoms in total. The van der Waals surface area contributed by atoms with Crippen molar-refractivity contribution in [2.75, 3.05) is 32.1 Å². The highest BCUT2D eigenvalue weighted by Gasteiger charge is 2.28. The number of aromatic nitrogens is 1. The fourth-order valence-electron chi connectivity index (χ4n) is 4.30. The van der Waals surface area contributed by atoms with Gasteiger partial charge in [-0.15, -0.1) is 0 Å². The summed E-state index contributed by atoms with van der Waals surface area (Å²) in [5.41, 5.74) is 4.36. The molecule has 4 rings (SSSR count). The number of nitrogens with zero attached hydrogens (tertiary/aromatic N) is 2. The first kappa shape index (κ1) is 18.6. The Morgan fingerprint density at radius 1 is 1.25 bits per heavy atom. The number of aromatic hydroxyl groups is 1. The summed E-state index contributed by atoms with van der Waals surface area (Å²) in [6.45, 7) is 1.74. The molecule has 0 spiro atoms. The standard InChI is InChI=1S/C23H27N3O2/c1-25(2)14-16-11-17-5-3-4-6-22(17)26(15-16)23(28)10-7-18-13-24-21-9-8-19(27)12-20(18)21/h3-6,8-9,12-13,16,24,27H,7,10-11,14-15H2,1-2H3. The minimum atomic E-state index is 0.158. The summed E-state index contributed by atoms with van der Waals surface area (Å²) in [6, 6.07) is 13.6. The van der Waals surface area contributed by atoms with Crippen molar-refractivity contribution in [2.45, 2.75) is 19.3 Å². The average Bonchev–Trinajstić information content (AvgIpc) is 3.07. The number of fused-ring (bicyclic) bond motifs is 2. The molecule has 1 aromatic heterocycles. The smallest absolute Gasteiger partial charge is 0.227 e. The van der Waals surface area contributed by atoms with Crippen molar-refractivity contribution in [1.29, 1.82) is 0 Å². The molecule has 2 aromatic carbocycles. The Balaban J connectivity index is 1.52. The van der Waals surface area contributed by atoms with Crippen molar-refractivity contribution >= 4 is 22.5 Å². The predicted octanol–water partition coefficient (Wildman–Crippen LogP) is 3.57. The maximum Gasteiger partial charge on any atom is 0.227 e. The topological polar surface area (TPSA) is 59.6 Å². The summed E-state index contributed by atoms with van der Waals surface area (Å²) >= 11 is 0. The van der Waals surface area contributed by atoms with E-state index < -0.39 is 0 Å². The number of nitrogens with one attached hydrogen (secondary N) is 1. The van der Waals surface area contributed by atoms with Crippen LogP contribution in [-0.4, -0.2) is 48.1 Å². The Morgan fingerprint density at radius 3 is 2.89 bits per heavy atom. The molecular weight excluding hydrogens is 350 g/mol. The monoisotopic (exact) mass is 377 g/mol. The van der Waals surface area contributed by atoms with Gasteiger partial charge in [-0.05, 0) is 68.2 Å². The molecule has 0 saturated heterocycles. The molecule has 3 aromatic rings. The lowest BCUT2D eigenvalue weighted by molar-refractivity contribution is -0.118. The molecule has 1 aliphatic heterocycles. The molecular formula is C23H27N3O2. The van der Waals surface area contributed by atoms with Gasteiger partial charge in [-0.3, -0.25) is 4.79 Å². The number of aryl methyl sites for hydroxylation is 1. The molecule has 2 N–H and O–H groups in total. The number of aromatic amines is 1. The van der Waals surface area contributed by atoms with E-state index in [1.54, 1.807) is 12.1 Å². The van der Waals surface area contributed by atoms with Gasteiger partial charge in [0.15, 0.2) is 0 Å². The summed E-state index contributed by atoms with van der Waals surface area (Å²) < 4.78 is 0. The zero-order valence-corrected chi connectivity index (χ0v) is 16.5. The third-order valence-electron chi connectivity index (χ3n) is 5.52. The number of H-pyrrole nitrogens is 1. The van der Waals surface area contributed by atoms with E-state index in [1.807, 2.05) is 23.2 Å². The fourth-order valence-corrected chi connectivity index (χ4v) is 4.30. The molecule has 146 valence electrons. The summed E-state index contributed by atoms with van der Waals surface area (Å²) in [5.74, 6) is 0.848. The van der Waals surface area contributed by atoms with Crippen LogP contribution in [-0.2, 0) is 17.6 Å². The van der Waals surface area contributed by atoms with Crippen LogP contribution in [0.5, 0.6) is 5.75 Å². The fraction of sp³-hybridized carbons (Fsp3) is 0.348. The molecule has 0 bridgehead atoms. The van der Waals surface area contributed by atoms with Gasteiger partial charge < -0.3 is 19.9 Å². The van der Waals surface area contributed by atoms with Crippen molar-refractivity contribution in [3.8, 4) is 5.75 Å².